The van der Waals surface area contributed by atoms with Crippen molar-refractivity contribution < 1.29 is 45.8 Å². The molecule has 0 bridgehead atoms. The lowest BCUT2D eigenvalue weighted by molar-refractivity contribution is -0.192. The van der Waals surface area contributed by atoms with Crippen LogP contribution in [0.25, 0.3) is 0 Å². The highest BCUT2D eigenvalue weighted by atomic mass is 32.2. The Hall–Kier alpha value is -3.30. The first kappa shape index (κ1) is 35.9. The Bertz CT molecular complexity index is 1220. The minimum absolute atomic E-state index is 0.0366. The molecular weight excluding hydrogens is 602 g/mol. The largest absolute Gasteiger partial charge is 0.490 e. The van der Waals surface area contributed by atoms with E-state index in [0.717, 1.165) is 37.0 Å². The number of nitrogens with zero attached hydrogens (tertiary/aromatic N) is 1. The molecule has 3 unspecified atom stereocenters. The van der Waals surface area contributed by atoms with E-state index in [-0.39, 0.29) is 30.1 Å². The molecule has 1 aliphatic carbocycles. The van der Waals surface area contributed by atoms with Gasteiger partial charge >= 0.3 is 18.3 Å². The molecule has 15 heteroatoms. The second-order valence-electron chi connectivity index (χ2n) is 10.0. The minimum Gasteiger partial charge on any atom is -0.475 e. The third-order valence-corrected chi connectivity index (χ3v) is 7.47. The fraction of sp³-hybridized carbons (Fsp3) is 0.464. The molecule has 3 atom stereocenters. The number of hydrogen-bond donors (Lipinski definition) is 4. The van der Waals surface area contributed by atoms with Crippen LogP contribution in [0, 0.1) is 0 Å². The number of carbonyl (C=O) groups is 3. The highest BCUT2D eigenvalue weighted by Crippen LogP contribution is 2.29. The zero-order chi connectivity index (χ0) is 32.4. The number of carboxylic acid groups (broad SMARTS) is 1. The molecule has 1 aliphatic rings. The molecule has 238 valence electrons. The summed E-state index contributed by atoms with van der Waals surface area (Å²) >= 11 is 1.69. The van der Waals surface area contributed by atoms with Gasteiger partial charge in [0.1, 0.15) is 0 Å². The zero-order valence-corrected chi connectivity index (χ0v) is 24.5. The standard InChI is InChI=1S/C26H33F3N4O2S.C2HF3O2/c1-33(2)20-9-12-22(23(14-20)30-15-17-7-10-21(36-3)11-8-17)32-24(34)16-31-25(35)18-5-4-6-19(13-18)26(27,28)29;3-2(4,5)1(6)7/h4-8,10-11,13,20,22-23,30H,9,12,14-16H2,1-3H3,(H,31,35)(H,32,34);(H,6,7). The lowest BCUT2D eigenvalue weighted by Crippen LogP contribution is -2.56. The number of rotatable bonds is 9. The van der Waals surface area contributed by atoms with E-state index in [1.54, 1.807) is 11.8 Å². The molecule has 2 aromatic rings. The molecule has 8 nitrogen and oxygen atoms in total. The van der Waals surface area contributed by atoms with Crippen LogP contribution in [-0.2, 0) is 22.3 Å². The van der Waals surface area contributed by atoms with Gasteiger partial charge in [-0.1, -0.05) is 18.2 Å². The van der Waals surface area contributed by atoms with E-state index >= 15 is 0 Å². The summed E-state index contributed by atoms with van der Waals surface area (Å²) < 4.78 is 70.5. The minimum atomic E-state index is -5.08. The SMILES string of the molecule is CSc1ccc(CNC2CC(N(C)C)CCC2NC(=O)CNC(=O)c2cccc(C(F)(F)F)c2)cc1.O=C(O)C(F)(F)F. The summed E-state index contributed by atoms with van der Waals surface area (Å²) in [5, 5.41) is 16.1. The monoisotopic (exact) mass is 636 g/mol. The summed E-state index contributed by atoms with van der Waals surface area (Å²) in [5.41, 5.74) is 0.101. The van der Waals surface area contributed by atoms with Crippen molar-refractivity contribution in [1.29, 1.82) is 0 Å². The van der Waals surface area contributed by atoms with Crippen LogP contribution in [0.4, 0.5) is 26.3 Å². The van der Waals surface area contributed by atoms with Crippen molar-refractivity contribution in [3.8, 4) is 0 Å². The fourth-order valence-corrected chi connectivity index (χ4v) is 4.77. The van der Waals surface area contributed by atoms with Gasteiger partial charge in [-0.25, -0.2) is 4.79 Å². The van der Waals surface area contributed by atoms with Crippen molar-refractivity contribution in [2.45, 2.75) is 61.2 Å². The van der Waals surface area contributed by atoms with Gasteiger partial charge in [0.2, 0.25) is 5.91 Å². The highest BCUT2D eigenvalue weighted by Gasteiger charge is 2.38. The molecule has 3 rings (SSSR count). The maximum Gasteiger partial charge on any atom is 0.490 e. The van der Waals surface area contributed by atoms with Gasteiger partial charge in [0.25, 0.3) is 5.91 Å². The molecule has 2 amide bonds. The Morgan fingerprint density at radius 1 is 0.977 bits per heavy atom. The smallest absolute Gasteiger partial charge is 0.475 e. The molecular formula is C28H34F6N4O4S. The summed E-state index contributed by atoms with van der Waals surface area (Å²) in [6, 6.07) is 12.8. The average molecular weight is 637 g/mol. The van der Waals surface area contributed by atoms with E-state index < -0.39 is 29.8 Å². The van der Waals surface area contributed by atoms with Crippen LogP contribution < -0.4 is 16.0 Å². The van der Waals surface area contributed by atoms with Crippen LogP contribution in [0.15, 0.2) is 53.4 Å². The predicted molar refractivity (Wildman–Crippen MR) is 150 cm³/mol. The molecule has 0 radical (unpaired) electrons. The number of benzene rings is 2. The number of nitrogens with one attached hydrogen (secondary N) is 3. The van der Waals surface area contributed by atoms with E-state index in [1.165, 1.54) is 17.0 Å². The van der Waals surface area contributed by atoms with Gasteiger partial charge in [-0.15, -0.1) is 11.8 Å². The lowest BCUT2D eigenvalue weighted by Gasteiger charge is -2.39. The second-order valence-corrected chi connectivity index (χ2v) is 10.9. The summed E-state index contributed by atoms with van der Waals surface area (Å²) in [6.07, 6.45) is -5.03. The summed E-state index contributed by atoms with van der Waals surface area (Å²) in [6.45, 7) is 0.351. The van der Waals surface area contributed by atoms with Gasteiger partial charge in [-0.3, -0.25) is 9.59 Å². The summed E-state index contributed by atoms with van der Waals surface area (Å²) in [7, 11) is 4.09. The molecule has 0 aromatic heterocycles. The summed E-state index contributed by atoms with van der Waals surface area (Å²) in [5.74, 6) is -3.86. The van der Waals surface area contributed by atoms with Gasteiger partial charge in [-0.2, -0.15) is 26.3 Å². The molecule has 0 spiro atoms. The van der Waals surface area contributed by atoms with Crippen molar-refractivity contribution in [2.75, 3.05) is 26.9 Å². The quantitative estimate of drug-likeness (QED) is 0.236. The van der Waals surface area contributed by atoms with Crippen molar-refractivity contribution in [3.05, 3.63) is 65.2 Å². The first-order valence-corrected chi connectivity index (χ1v) is 14.3. The fourth-order valence-electron chi connectivity index (χ4n) is 4.37. The molecule has 0 heterocycles. The van der Waals surface area contributed by atoms with Gasteiger partial charge in [0.05, 0.1) is 12.1 Å². The van der Waals surface area contributed by atoms with Gasteiger partial charge in [0.15, 0.2) is 0 Å². The normalized spacial score (nSPS) is 18.8. The molecule has 4 N–H and O–H groups in total. The van der Waals surface area contributed by atoms with E-state index in [4.69, 9.17) is 9.90 Å². The maximum atomic E-state index is 12.9. The third kappa shape index (κ3) is 12.1. The van der Waals surface area contributed by atoms with Gasteiger partial charge in [-0.05, 0) is 75.5 Å². The Morgan fingerprint density at radius 3 is 2.14 bits per heavy atom. The predicted octanol–water partition coefficient (Wildman–Crippen LogP) is 4.55. The number of carboxylic acids is 1. The van der Waals surface area contributed by atoms with Crippen LogP contribution in [0.1, 0.15) is 40.7 Å². The number of alkyl halides is 6. The van der Waals surface area contributed by atoms with Crippen molar-refractivity contribution >= 4 is 29.5 Å². The molecule has 0 aliphatic heterocycles. The second kappa shape index (κ2) is 16.0. The Balaban J connectivity index is 0.000000821. The first-order valence-electron chi connectivity index (χ1n) is 13.1. The molecule has 43 heavy (non-hydrogen) atoms. The van der Waals surface area contributed by atoms with Crippen molar-refractivity contribution in [1.82, 2.24) is 20.9 Å². The molecule has 2 aromatic carbocycles. The summed E-state index contributed by atoms with van der Waals surface area (Å²) in [4.78, 5) is 37.2. The number of amides is 2. The molecule has 1 saturated carbocycles. The van der Waals surface area contributed by atoms with E-state index in [0.29, 0.717) is 12.6 Å². The van der Waals surface area contributed by atoms with Gasteiger partial charge in [0, 0.05) is 35.1 Å². The number of carbonyl (C=O) groups excluding carboxylic acids is 2. The Labute approximate surface area is 249 Å². The molecule has 0 saturated heterocycles. The number of aliphatic carboxylic acids is 1. The maximum absolute atomic E-state index is 12.9. The zero-order valence-electron chi connectivity index (χ0n) is 23.7. The average Bonchev–Trinajstić information content (AvgIpc) is 2.95. The van der Waals surface area contributed by atoms with Crippen LogP contribution >= 0.6 is 11.8 Å². The van der Waals surface area contributed by atoms with Crippen LogP contribution in [0.5, 0.6) is 0 Å². The topological polar surface area (TPSA) is 111 Å². The lowest BCUT2D eigenvalue weighted by atomic mass is 9.85. The first-order chi connectivity index (χ1) is 20.0. The van der Waals surface area contributed by atoms with E-state index in [1.807, 2.05) is 20.4 Å². The Kier molecular flexibility index (Phi) is 13.3. The van der Waals surface area contributed by atoms with Crippen molar-refractivity contribution in [3.63, 3.8) is 0 Å². The van der Waals surface area contributed by atoms with Gasteiger partial charge < -0.3 is 26.0 Å². The number of thioether (sulfide) groups is 1. The number of hydrogen-bond acceptors (Lipinski definition) is 6. The van der Waals surface area contributed by atoms with Crippen LogP contribution in [0.2, 0.25) is 0 Å². The Morgan fingerprint density at radius 2 is 1.60 bits per heavy atom. The third-order valence-electron chi connectivity index (χ3n) is 6.73. The van der Waals surface area contributed by atoms with E-state index in [2.05, 4.69) is 45.1 Å². The molecule has 1 fully saturated rings. The van der Waals surface area contributed by atoms with Crippen LogP contribution in [-0.4, -0.2) is 79.0 Å². The van der Waals surface area contributed by atoms with Crippen molar-refractivity contribution in [2.24, 2.45) is 0 Å². The highest BCUT2D eigenvalue weighted by molar-refractivity contribution is 7.98. The van der Waals surface area contributed by atoms with E-state index in [9.17, 15) is 35.9 Å². The number of halogens is 6. The van der Waals surface area contributed by atoms with Crippen LogP contribution in [0.3, 0.4) is 0 Å².